The predicted octanol–water partition coefficient (Wildman–Crippen LogP) is 3.20. The van der Waals surface area contributed by atoms with Crippen LogP contribution in [-0.2, 0) is 15.0 Å². The molecule has 146 valence electrons. The summed E-state index contributed by atoms with van der Waals surface area (Å²) >= 11 is 0. The molecular weight excluding hydrogens is 356 g/mol. The maximum atomic E-state index is 12.5. The molecule has 0 radical (unpaired) electrons. The molecule has 0 heterocycles. The molecule has 1 aliphatic carbocycles. The van der Waals surface area contributed by atoms with Gasteiger partial charge >= 0.3 is 5.97 Å². The Morgan fingerprint density at radius 1 is 1.04 bits per heavy atom. The molecule has 1 fully saturated rings. The first-order valence-electron chi connectivity index (χ1n) is 9.44. The number of aliphatic carboxylic acids is 1. The Balaban J connectivity index is 1.67. The highest BCUT2D eigenvalue weighted by atomic mass is 16.4. The number of hydrogen-bond acceptors (Lipinski definition) is 3. The molecule has 1 unspecified atom stereocenters. The molecule has 0 aliphatic heterocycles. The van der Waals surface area contributed by atoms with Gasteiger partial charge < -0.3 is 15.7 Å². The third kappa shape index (κ3) is 4.22. The molecule has 0 aromatic heterocycles. The van der Waals surface area contributed by atoms with Crippen molar-refractivity contribution in [1.82, 2.24) is 5.32 Å². The molecular formula is C22H24N2O4. The van der Waals surface area contributed by atoms with E-state index in [-0.39, 0.29) is 24.3 Å². The minimum absolute atomic E-state index is 0.00857. The van der Waals surface area contributed by atoms with Gasteiger partial charge in [-0.2, -0.15) is 0 Å². The SMILES string of the molecule is CCC(CNC(=O)c1ccc(NC(=O)C2CC2)cc1)(C(=O)O)c1ccccc1. The molecule has 2 aromatic carbocycles. The molecule has 6 heteroatoms. The fourth-order valence-electron chi connectivity index (χ4n) is 3.17. The van der Waals surface area contributed by atoms with Crippen LogP contribution in [0.1, 0.15) is 42.1 Å². The molecule has 2 aromatic rings. The summed E-state index contributed by atoms with van der Waals surface area (Å²) in [5.41, 5.74) is 0.525. The summed E-state index contributed by atoms with van der Waals surface area (Å²) in [5, 5.41) is 15.4. The Labute approximate surface area is 164 Å². The summed E-state index contributed by atoms with van der Waals surface area (Å²) in [6.07, 6.45) is 2.20. The number of amides is 2. The van der Waals surface area contributed by atoms with Crippen molar-refractivity contribution in [2.24, 2.45) is 5.92 Å². The van der Waals surface area contributed by atoms with Crippen molar-refractivity contribution < 1.29 is 19.5 Å². The van der Waals surface area contributed by atoms with Gasteiger partial charge in [-0.25, -0.2) is 0 Å². The van der Waals surface area contributed by atoms with Gasteiger partial charge in [0.05, 0.1) is 0 Å². The van der Waals surface area contributed by atoms with Gasteiger partial charge in [0.25, 0.3) is 5.91 Å². The van der Waals surface area contributed by atoms with E-state index in [0.29, 0.717) is 23.2 Å². The van der Waals surface area contributed by atoms with E-state index >= 15 is 0 Å². The van der Waals surface area contributed by atoms with E-state index in [4.69, 9.17) is 0 Å². The van der Waals surface area contributed by atoms with Gasteiger partial charge in [0.15, 0.2) is 0 Å². The Kier molecular flexibility index (Phi) is 5.78. The molecule has 28 heavy (non-hydrogen) atoms. The van der Waals surface area contributed by atoms with Crippen LogP contribution in [0.4, 0.5) is 5.69 Å². The molecule has 3 N–H and O–H groups in total. The second kappa shape index (κ2) is 8.25. The average molecular weight is 380 g/mol. The maximum absolute atomic E-state index is 12.5. The van der Waals surface area contributed by atoms with E-state index in [1.165, 1.54) is 0 Å². The topological polar surface area (TPSA) is 95.5 Å². The van der Waals surface area contributed by atoms with Crippen LogP contribution in [0.3, 0.4) is 0 Å². The number of nitrogens with one attached hydrogen (secondary N) is 2. The van der Waals surface area contributed by atoms with Gasteiger partial charge in [-0.1, -0.05) is 37.3 Å². The van der Waals surface area contributed by atoms with Crippen LogP contribution < -0.4 is 10.6 Å². The zero-order valence-electron chi connectivity index (χ0n) is 15.8. The fourth-order valence-corrected chi connectivity index (χ4v) is 3.17. The van der Waals surface area contributed by atoms with Gasteiger partial charge in [0.2, 0.25) is 5.91 Å². The van der Waals surface area contributed by atoms with Crippen LogP contribution in [0.2, 0.25) is 0 Å². The van der Waals surface area contributed by atoms with Gasteiger partial charge in [-0.05, 0) is 49.1 Å². The number of carboxylic acid groups (broad SMARTS) is 1. The van der Waals surface area contributed by atoms with Crippen molar-refractivity contribution in [2.45, 2.75) is 31.6 Å². The standard InChI is InChI=1S/C22H24N2O4/c1-2-22(21(27)28,17-6-4-3-5-7-17)14-23-19(25)15-10-12-18(13-11-15)24-20(26)16-8-9-16/h3-7,10-13,16H,2,8-9,14H2,1H3,(H,23,25)(H,24,26)(H,27,28). The van der Waals surface area contributed by atoms with E-state index in [1.807, 2.05) is 6.07 Å². The first-order valence-corrected chi connectivity index (χ1v) is 9.44. The lowest BCUT2D eigenvalue weighted by atomic mass is 9.78. The monoisotopic (exact) mass is 380 g/mol. The summed E-state index contributed by atoms with van der Waals surface area (Å²) in [7, 11) is 0. The maximum Gasteiger partial charge on any atom is 0.315 e. The van der Waals surface area contributed by atoms with Crippen LogP contribution in [0.5, 0.6) is 0 Å². The predicted molar refractivity (Wildman–Crippen MR) is 106 cm³/mol. The number of carbonyl (C=O) groups excluding carboxylic acids is 2. The van der Waals surface area contributed by atoms with Crippen LogP contribution in [0.15, 0.2) is 54.6 Å². The van der Waals surface area contributed by atoms with Crippen LogP contribution in [0, 0.1) is 5.92 Å². The Bertz CT molecular complexity index is 860. The van der Waals surface area contributed by atoms with Crippen molar-refractivity contribution >= 4 is 23.5 Å². The first-order chi connectivity index (χ1) is 13.5. The van der Waals surface area contributed by atoms with Gasteiger partial charge in [0, 0.05) is 23.7 Å². The zero-order chi connectivity index (χ0) is 20.1. The van der Waals surface area contributed by atoms with Gasteiger partial charge in [-0.3, -0.25) is 14.4 Å². The van der Waals surface area contributed by atoms with E-state index < -0.39 is 11.4 Å². The highest BCUT2D eigenvalue weighted by Gasteiger charge is 2.39. The first kappa shape index (κ1) is 19.6. The Hall–Kier alpha value is -3.15. The summed E-state index contributed by atoms with van der Waals surface area (Å²) in [6, 6.07) is 15.5. The smallest absolute Gasteiger partial charge is 0.315 e. The lowest BCUT2D eigenvalue weighted by Gasteiger charge is -2.29. The third-order valence-electron chi connectivity index (χ3n) is 5.25. The van der Waals surface area contributed by atoms with Crippen molar-refractivity contribution in [2.75, 3.05) is 11.9 Å². The molecule has 6 nitrogen and oxygen atoms in total. The molecule has 0 bridgehead atoms. The summed E-state index contributed by atoms with van der Waals surface area (Å²) in [5.74, 6) is -1.21. The van der Waals surface area contributed by atoms with Crippen molar-refractivity contribution in [1.29, 1.82) is 0 Å². The minimum atomic E-state index is -1.19. The summed E-state index contributed by atoms with van der Waals surface area (Å²) < 4.78 is 0. The number of hydrogen-bond donors (Lipinski definition) is 3. The highest BCUT2D eigenvalue weighted by Crippen LogP contribution is 2.30. The molecule has 1 saturated carbocycles. The lowest BCUT2D eigenvalue weighted by molar-refractivity contribution is -0.143. The molecule has 1 atom stereocenters. The molecule has 3 rings (SSSR count). The normalized spacial score (nSPS) is 15.3. The number of anilines is 1. The van der Waals surface area contributed by atoms with E-state index in [9.17, 15) is 19.5 Å². The molecule has 0 saturated heterocycles. The van der Waals surface area contributed by atoms with Gasteiger partial charge in [0.1, 0.15) is 5.41 Å². The number of carboxylic acids is 1. The van der Waals surface area contributed by atoms with Crippen molar-refractivity contribution in [3.8, 4) is 0 Å². The second-order valence-corrected chi connectivity index (χ2v) is 7.13. The fraction of sp³-hybridized carbons (Fsp3) is 0.318. The van der Waals surface area contributed by atoms with Crippen LogP contribution in [0.25, 0.3) is 0 Å². The number of rotatable bonds is 8. The van der Waals surface area contributed by atoms with E-state index in [1.54, 1.807) is 55.5 Å². The number of carbonyl (C=O) groups is 3. The number of benzene rings is 2. The van der Waals surface area contributed by atoms with E-state index in [2.05, 4.69) is 10.6 Å². The minimum Gasteiger partial charge on any atom is -0.481 e. The quantitative estimate of drug-likeness (QED) is 0.655. The van der Waals surface area contributed by atoms with Gasteiger partial charge in [-0.15, -0.1) is 0 Å². The molecule has 2 amide bonds. The van der Waals surface area contributed by atoms with Crippen molar-refractivity contribution in [3.05, 3.63) is 65.7 Å². The lowest BCUT2D eigenvalue weighted by Crippen LogP contribution is -2.46. The third-order valence-corrected chi connectivity index (χ3v) is 5.25. The molecule has 1 aliphatic rings. The molecule has 0 spiro atoms. The summed E-state index contributed by atoms with van der Waals surface area (Å²) in [4.78, 5) is 36.3. The second-order valence-electron chi connectivity index (χ2n) is 7.13. The largest absolute Gasteiger partial charge is 0.481 e. The highest BCUT2D eigenvalue weighted by molar-refractivity contribution is 5.97. The van der Waals surface area contributed by atoms with Crippen LogP contribution in [-0.4, -0.2) is 29.4 Å². The average Bonchev–Trinajstić information content (AvgIpc) is 3.55. The van der Waals surface area contributed by atoms with E-state index in [0.717, 1.165) is 12.8 Å². The Morgan fingerprint density at radius 3 is 2.21 bits per heavy atom. The Morgan fingerprint density at radius 2 is 1.68 bits per heavy atom. The zero-order valence-corrected chi connectivity index (χ0v) is 15.8. The van der Waals surface area contributed by atoms with Crippen molar-refractivity contribution in [3.63, 3.8) is 0 Å². The summed E-state index contributed by atoms with van der Waals surface area (Å²) in [6.45, 7) is 1.78. The van der Waals surface area contributed by atoms with Crippen LogP contribution >= 0.6 is 0 Å².